The zero-order valence-electron chi connectivity index (χ0n) is 13.1. The predicted octanol–water partition coefficient (Wildman–Crippen LogP) is 1.15. The van der Waals surface area contributed by atoms with E-state index >= 15 is 0 Å². The summed E-state index contributed by atoms with van der Waals surface area (Å²) in [6, 6.07) is 10.4. The molecule has 0 saturated carbocycles. The number of nitriles is 1. The molecule has 3 rings (SSSR count). The van der Waals surface area contributed by atoms with Gasteiger partial charge in [0.05, 0.1) is 12.5 Å². The monoisotopic (exact) mass is 309 g/mol. The number of nitrogens with zero attached hydrogens (tertiary/aromatic N) is 6. The van der Waals surface area contributed by atoms with Gasteiger partial charge in [0.2, 0.25) is 11.9 Å². The van der Waals surface area contributed by atoms with Gasteiger partial charge in [-0.2, -0.15) is 20.2 Å². The first-order chi connectivity index (χ1) is 11.2. The van der Waals surface area contributed by atoms with Gasteiger partial charge < -0.3 is 15.5 Å². The molecule has 2 N–H and O–H groups in total. The van der Waals surface area contributed by atoms with Gasteiger partial charge >= 0.3 is 0 Å². The van der Waals surface area contributed by atoms with Gasteiger partial charge in [-0.1, -0.05) is 18.2 Å². The molecule has 0 aliphatic carbocycles. The molecule has 1 saturated heterocycles. The molecule has 1 fully saturated rings. The number of piperazine rings is 1. The van der Waals surface area contributed by atoms with E-state index in [0.29, 0.717) is 11.8 Å². The highest BCUT2D eigenvalue weighted by Crippen LogP contribution is 2.22. The fraction of sp³-hybridized carbons (Fsp3) is 0.375. The van der Waals surface area contributed by atoms with Gasteiger partial charge in [-0.3, -0.25) is 0 Å². The SMILES string of the molecule is Cc1ccccc1N1CCN(c2nc(N)nc(CC#N)n2)CC1. The summed E-state index contributed by atoms with van der Waals surface area (Å²) in [7, 11) is 0. The molecule has 2 heterocycles. The Balaban J connectivity index is 1.72. The zero-order valence-corrected chi connectivity index (χ0v) is 13.1. The zero-order chi connectivity index (χ0) is 16.2. The Morgan fingerprint density at radius 3 is 2.48 bits per heavy atom. The van der Waals surface area contributed by atoms with Gasteiger partial charge in [0.15, 0.2) is 0 Å². The third-order valence-electron chi connectivity index (χ3n) is 3.94. The first-order valence-corrected chi connectivity index (χ1v) is 7.60. The Labute approximate surface area is 135 Å². The van der Waals surface area contributed by atoms with E-state index in [1.165, 1.54) is 11.3 Å². The van der Waals surface area contributed by atoms with E-state index < -0.39 is 0 Å². The van der Waals surface area contributed by atoms with Crippen molar-refractivity contribution in [2.24, 2.45) is 0 Å². The molecule has 118 valence electrons. The van der Waals surface area contributed by atoms with Gasteiger partial charge in [-0.05, 0) is 18.6 Å². The molecule has 1 aromatic heterocycles. The second-order valence-corrected chi connectivity index (χ2v) is 5.51. The van der Waals surface area contributed by atoms with Crippen LogP contribution in [0.4, 0.5) is 17.6 Å². The topological polar surface area (TPSA) is 95.0 Å². The molecule has 0 unspecified atom stereocenters. The lowest BCUT2D eigenvalue weighted by Crippen LogP contribution is -2.47. The summed E-state index contributed by atoms with van der Waals surface area (Å²) in [5.74, 6) is 1.16. The third-order valence-corrected chi connectivity index (χ3v) is 3.94. The number of hydrogen-bond acceptors (Lipinski definition) is 7. The van der Waals surface area contributed by atoms with Gasteiger partial charge in [0, 0.05) is 31.9 Å². The Morgan fingerprint density at radius 1 is 1.09 bits per heavy atom. The molecular formula is C16H19N7. The molecule has 1 aliphatic rings. The minimum Gasteiger partial charge on any atom is -0.368 e. The lowest BCUT2D eigenvalue weighted by molar-refractivity contribution is 0.636. The Morgan fingerprint density at radius 2 is 1.78 bits per heavy atom. The van der Waals surface area contributed by atoms with Crippen molar-refractivity contribution < 1.29 is 0 Å². The first-order valence-electron chi connectivity index (χ1n) is 7.60. The van der Waals surface area contributed by atoms with Gasteiger partial charge in [0.25, 0.3) is 0 Å². The van der Waals surface area contributed by atoms with Crippen molar-refractivity contribution in [1.29, 1.82) is 5.26 Å². The number of benzene rings is 1. The van der Waals surface area contributed by atoms with Crippen LogP contribution in [0.2, 0.25) is 0 Å². The van der Waals surface area contributed by atoms with Crippen LogP contribution in [0.1, 0.15) is 11.4 Å². The largest absolute Gasteiger partial charge is 0.368 e. The number of aromatic nitrogens is 3. The van der Waals surface area contributed by atoms with Gasteiger partial charge in [-0.15, -0.1) is 0 Å². The van der Waals surface area contributed by atoms with E-state index in [0.717, 1.165) is 26.2 Å². The molecule has 0 bridgehead atoms. The standard InChI is InChI=1S/C16H19N7/c1-12-4-2-3-5-13(12)22-8-10-23(11-9-22)16-20-14(6-7-17)19-15(18)21-16/h2-5H,6,8-11H2,1H3,(H2,18,19,20,21). The maximum absolute atomic E-state index is 8.79. The predicted molar refractivity (Wildman–Crippen MR) is 89.2 cm³/mol. The molecule has 7 nitrogen and oxygen atoms in total. The maximum Gasteiger partial charge on any atom is 0.230 e. The van der Waals surface area contributed by atoms with E-state index in [9.17, 15) is 0 Å². The molecule has 7 heteroatoms. The summed E-state index contributed by atoms with van der Waals surface area (Å²) in [5, 5.41) is 8.79. The summed E-state index contributed by atoms with van der Waals surface area (Å²) >= 11 is 0. The highest BCUT2D eigenvalue weighted by Gasteiger charge is 2.21. The second kappa shape index (κ2) is 6.48. The van der Waals surface area contributed by atoms with Gasteiger partial charge in [0.1, 0.15) is 5.82 Å². The highest BCUT2D eigenvalue weighted by atomic mass is 15.3. The number of rotatable bonds is 3. The average Bonchev–Trinajstić information content (AvgIpc) is 2.55. The molecule has 0 amide bonds. The number of aryl methyl sites for hydroxylation is 1. The molecule has 0 spiro atoms. The quantitative estimate of drug-likeness (QED) is 0.908. The van der Waals surface area contributed by atoms with Crippen LogP contribution in [0.5, 0.6) is 0 Å². The summed E-state index contributed by atoms with van der Waals surface area (Å²) < 4.78 is 0. The van der Waals surface area contributed by atoms with Crippen LogP contribution in [0, 0.1) is 18.3 Å². The van der Waals surface area contributed by atoms with E-state index in [2.05, 4.69) is 55.9 Å². The third kappa shape index (κ3) is 3.31. The Bertz CT molecular complexity index is 729. The van der Waals surface area contributed by atoms with Crippen molar-refractivity contribution in [3.63, 3.8) is 0 Å². The van der Waals surface area contributed by atoms with Crippen LogP contribution in [-0.4, -0.2) is 41.1 Å². The lowest BCUT2D eigenvalue weighted by Gasteiger charge is -2.36. The van der Waals surface area contributed by atoms with E-state index in [1.807, 2.05) is 6.07 Å². The summed E-state index contributed by atoms with van der Waals surface area (Å²) in [4.78, 5) is 17.0. The molecular weight excluding hydrogens is 290 g/mol. The Kier molecular flexibility index (Phi) is 4.24. The molecule has 23 heavy (non-hydrogen) atoms. The second-order valence-electron chi connectivity index (χ2n) is 5.51. The fourth-order valence-electron chi connectivity index (χ4n) is 2.78. The van der Waals surface area contributed by atoms with Crippen LogP contribution in [0.15, 0.2) is 24.3 Å². The van der Waals surface area contributed by atoms with Crippen LogP contribution in [0.25, 0.3) is 0 Å². The number of anilines is 3. The van der Waals surface area contributed by atoms with Crippen molar-refractivity contribution in [3.8, 4) is 6.07 Å². The van der Waals surface area contributed by atoms with Crippen LogP contribution >= 0.6 is 0 Å². The molecule has 0 radical (unpaired) electrons. The number of nitrogen functional groups attached to an aromatic ring is 1. The van der Waals surface area contributed by atoms with E-state index in [-0.39, 0.29) is 12.4 Å². The Hall–Kier alpha value is -2.88. The minimum absolute atomic E-state index is 0.142. The van der Waals surface area contributed by atoms with Crippen molar-refractivity contribution in [2.45, 2.75) is 13.3 Å². The number of hydrogen-bond donors (Lipinski definition) is 1. The molecule has 1 aliphatic heterocycles. The minimum atomic E-state index is 0.142. The maximum atomic E-state index is 8.79. The van der Waals surface area contributed by atoms with Crippen molar-refractivity contribution in [2.75, 3.05) is 41.7 Å². The molecule has 0 atom stereocenters. The van der Waals surface area contributed by atoms with Crippen molar-refractivity contribution in [1.82, 2.24) is 15.0 Å². The summed E-state index contributed by atoms with van der Waals surface area (Å²) in [6.07, 6.45) is 0.142. The number of para-hydroxylation sites is 1. The molecule has 2 aromatic rings. The van der Waals surface area contributed by atoms with Crippen LogP contribution in [0.3, 0.4) is 0 Å². The summed E-state index contributed by atoms with van der Waals surface area (Å²) in [6.45, 7) is 5.53. The lowest BCUT2D eigenvalue weighted by atomic mass is 10.1. The number of nitrogens with two attached hydrogens (primary N) is 1. The van der Waals surface area contributed by atoms with E-state index in [1.54, 1.807) is 0 Å². The smallest absolute Gasteiger partial charge is 0.230 e. The van der Waals surface area contributed by atoms with E-state index in [4.69, 9.17) is 11.0 Å². The van der Waals surface area contributed by atoms with Crippen molar-refractivity contribution >= 4 is 17.6 Å². The van der Waals surface area contributed by atoms with Crippen molar-refractivity contribution in [3.05, 3.63) is 35.7 Å². The average molecular weight is 309 g/mol. The highest BCUT2D eigenvalue weighted by molar-refractivity contribution is 5.54. The first kappa shape index (κ1) is 15.0. The molecule has 1 aromatic carbocycles. The normalized spacial score (nSPS) is 14.6. The van der Waals surface area contributed by atoms with Gasteiger partial charge in [-0.25, -0.2) is 0 Å². The fourth-order valence-corrected chi connectivity index (χ4v) is 2.78. The van der Waals surface area contributed by atoms with Crippen LogP contribution < -0.4 is 15.5 Å². The summed E-state index contributed by atoms with van der Waals surface area (Å²) in [5.41, 5.74) is 8.28. The van der Waals surface area contributed by atoms with Crippen LogP contribution in [-0.2, 0) is 6.42 Å².